The largest absolute Gasteiger partial charge is 0.479 e. The number of fused-ring (bicyclic) bond motifs is 1. The van der Waals surface area contributed by atoms with E-state index in [1.54, 1.807) is 0 Å². The van der Waals surface area contributed by atoms with Gasteiger partial charge in [0, 0.05) is 0 Å². The second kappa shape index (κ2) is 8.63. The van der Waals surface area contributed by atoms with Gasteiger partial charge in [-0.05, 0) is 12.3 Å². The van der Waals surface area contributed by atoms with Crippen molar-refractivity contribution in [3.63, 3.8) is 0 Å². The molecular formula is C16H23N4O9P. The topological polar surface area (TPSA) is 197 Å². The Hall–Kier alpha value is -1.99. The van der Waals surface area contributed by atoms with Gasteiger partial charge in [0.25, 0.3) is 5.85 Å². The van der Waals surface area contributed by atoms with Crippen molar-refractivity contribution in [2.45, 2.75) is 50.7 Å². The van der Waals surface area contributed by atoms with Crippen LogP contribution in [-0.2, 0) is 25.3 Å². The number of hydrogen-bond acceptors (Lipinski definition) is 9. The predicted molar refractivity (Wildman–Crippen MR) is 99.2 cm³/mol. The van der Waals surface area contributed by atoms with Gasteiger partial charge in [0.05, 0.1) is 18.6 Å². The molecule has 3 heterocycles. The molecule has 1 unspecified atom stereocenters. The lowest BCUT2D eigenvalue weighted by Crippen LogP contribution is -2.36. The number of carboxylic acids is 1. The summed E-state index contributed by atoms with van der Waals surface area (Å²) in [6.07, 6.45) is -1.93. The highest BCUT2D eigenvalue weighted by Gasteiger charge is 2.46. The van der Waals surface area contributed by atoms with Gasteiger partial charge < -0.3 is 34.6 Å². The van der Waals surface area contributed by atoms with Crippen LogP contribution in [0.3, 0.4) is 0 Å². The number of carboxylic acid groups (broad SMARTS) is 1. The van der Waals surface area contributed by atoms with Gasteiger partial charge in [-0.1, -0.05) is 13.8 Å². The van der Waals surface area contributed by atoms with Crippen LogP contribution in [0.2, 0.25) is 0 Å². The number of aliphatic hydroxyl groups excluding tert-OH is 2. The SMILES string of the molecule is CC(C)Cc1ncnc2c1ncn2[C@@H]1O[C@H](COC(C(=O)O)P(=O)(O)O)[C@@H](O)[C@H]1O. The number of aliphatic hydroxyl groups is 2. The summed E-state index contributed by atoms with van der Waals surface area (Å²) >= 11 is 0. The van der Waals surface area contributed by atoms with Crippen molar-refractivity contribution in [3.05, 3.63) is 18.3 Å². The van der Waals surface area contributed by atoms with Gasteiger partial charge in [0.1, 0.15) is 30.2 Å². The number of aromatic nitrogens is 4. The van der Waals surface area contributed by atoms with Crippen LogP contribution >= 0.6 is 7.60 Å². The van der Waals surface area contributed by atoms with E-state index in [1.807, 2.05) is 13.8 Å². The van der Waals surface area contributed by atoms with Gasteiger partial charge in [-0.25, -0.2) is 19.7 Å². The van der Waals surface area contributed by atoms with Crippen molar-refractivity contribution in [2.24, 2.45) is 5.92 Å². The van der Waals surface area contributed by atoms with Gasteiger partial charge in [0.2, 0.25) is 0 Å². The van der Waals surface area contributed by atoms with Gasteiger partial charge in [-0.3, -0.25) is 9.13 Å². The Morgan fingerprint density at radius 3 is 2.57 bits per heavy atom. The Morgan fingerprint density at radius 2 is 1.97 bits per heavy atom. The van der Waals surface area contributed by atoms with E-state index in [-0.39, 0.29) is 0 Å². The average molecular weight is 446 g/mol. The minimum Gasteiger partial charge on any atom is -0.479 e. The molecule has 1 aliphatic rings. The van der Waals surface area contributed by atoms with E-state index < -0.39 is 50.6 Å². The first-order valence-corrected chi connectivity index (χ1v) is 10.8. The molecule has 0 amide bonds. The molecule has 5 atom stereocenters. The molecule has 2 aromatic rings. The van der Waals surface area contributed by atoms with Crippen LogP contribution in [0.5, 0.6) is 0 Å². The molecule has 13 nitrogen and oxygen atoms in total. The van der Waals surface area contributed by atoms with E-state index >= 15 is 0 Å². The van der Waals surface area contributed by atoms with Gasteiger partial charge >= 0.3 is 13.6 Å². The predicted octanol–water partition coefficient (Wildman–Crippen LogP) is -0.751. The molecule has 1 saturated heterocycles. The lowest BCUT2D eigenvalue weighted by Gasteiger charge is -2.19. The number of hydrogen-bond donors (Lipinski definition) is 5. The molecule has 0 bridgehead atoms. The minimum atomic E-state index is -5.09. The van der Waals surface area contributed by atoms with Crippen LogP contribution in [0.4, 0.5) is 0 Å². The molecule has 0 aromatic carbocycles. The second-order valence-electron chi connectivity index (χ2n) is 7.40. The third-order valence-corrected chi connectivity index (χ3v) is 5.56. The van der Waals surface area contributed by atoms with Crippen molar-refractivity contribution >= 4 is 24.7 Å². The molecule has 1 fully saturated rings. The van der Waals surface area contributed by atoms with Crippen molar-refractivity contribution in [1.29, 1.82) is 0 Å². The maximum Gasteiger partial charge on any atom is 0.365 e. The monoisotopic (exact) mass is 446 g/mol. The van der Waals surface area contributed by atoms with Crippen molar-refractivity contribution in [1.82, 2.24) is 19.5 Å². The summed E-state index contributed by atoms with van der Waals surface area (Å²) in [6, 6.07) is 0. The minimum absolute atomic E-state index is 0.320. The summed E-state index contributed by atoms with van der Waals surface area (Å²) in [6.45, 7) is 3.38. The zero-order chi connectivity index (χ0) is 22.2. The molecule has 166 valence electrons. The first kappa shape index (κ1) is 22.7. The zero-order valence-corrected chi connectivity index (χ0v) is 17.0. The van der Waals surface area contributed by atoms with E-state index in [1.165, 1.54) is 17.2 Å². The fourth-order valence-corrected chi connectivity index (χ4v) is 3.79. The Balaban J connectivity index is 1.80. The fraction of sp³-hybridized carbons (Fsp3) is 0.625. The standard InChI is InChI=1S/C16H23N4O9P/c1-7(2)3-8-10-13(18-5-17-8)20(6-19-10)14-12(22)11(21)9(29-14)4-28-16(15(23)24)30(25,26)27/h5-7,9,11-12,14,16,21-22H,3-4H2,1-2H3,(H,23,24)(H2,25,26,27)/t9-,11-,12-,14-,16?/m1/s1. The van der Waals surface area contributed by atoms with E-state index in [4.69, 9.17) is 24.4 Å². The Labute approximate surface area is 170 Å². The van der Waals surface area contributed by atoms with Gasteiger partial charge in [0.15, 0.2) is 11.9 Å². The van der Waals surface area contributed by atoms with Crippen LogP contribution in [0.25, 0.3) is 11.2 Å². The smallest absolute Gasteiger partial charge is 0.365 e. The molecule has 1 aliphatic heterocycles. The summed E-state index contributed by atoms with van der Waals surface area (Å²) < 4.78 is 23.0. The summed E-state index contributed by atoms with van der Waals surface area (Å²) in [7, 11) is -5.09. The molecule has 5 N–H and O–H groups in total. The molecule has 0 radical (unpaired) electrons. The molecule has 30 heavy (non-hydrogen) atoms. The maximum absolute atomic E-state index is 11.2. The first-order valence-electron chi connectivity index (χ1n) is 9.08. The summed E-state index contributed by atoms with van der Waals surface area (Å²) in [5.41, 5.74) is 1.60. The number of rotatable bonds is 8. The van der Waals surface area contributed by atoms with E-state index in [2.05, 4.69) is 15.0 Å². The normalized spacial score (nSPS) is 25.8. The summed E-state index contributed by atoms with van der Waals surface area (Å²) in [5, 5.41) is 29.6. The van der Waals surface area contributed by atoms with Crippen LogP contribution < -0.4 is 0 Å². The number of aliphatic carboxylic acids is 1. The zero-order valence-electron chi connectivity index (χ0n) is 16.1. The van der Waals surface area contributed by atoms with Gasteiger partial charge in [-0.2, -0.15) is 0 Å². The summed E-state index contributed by atoms with van der Waals surface area (Å²) in [4.78, 5) is 41.8. The molecule has 14 heteroatoms. The highest BCUT2D eigenvalue weighted by atomic mass is 31.2. The van der Waals surface area contributed by atoms with Crippen molar-refractivity contribution in [2.75, 3.05) is 6.61 Å². The fourth-order valence-electron chi connectivity index (χ4n) is 3.22. The highest BCUT2D eigenvalue weighted by Crippen LogP contribution is 2.42. The highest BCUT2D eigenvalue weighted by molar-refractivity contribution is 7.53. The molecule has 0 saturated carbocycles. The van der Waals surface area contributed by atoms with Crippen molar-refractivity contribution < 1.29 is 43.9 Å². The summed E-state index contributed by atoms with van der Waals surface area (Å²) in [5.74, 6) is -3.95. The van der Waals surface area contributed by atoms with Crippen LogP contribution in [0.15, 0.2) is 12.7 Å². The van der Waals surface area contributed by atoms with Gasteiger partial charge in [-0.15, -0.1) is 0 Å². The molecule has 0 aliphatic carbocycles. The molecule has 2 aromatic heterocycles. The number of ether oxygens (including phenoxy) is 2. The van der Waals surface area contributed by atoms with E-state index in [9.17, 15) is 19.6 Å². The number of nitrogens with zero attached hydrogens (tertiary/aromatic N) is 4. The Kier molecular flexibility index (Phi) is 6.53. The Bertz CT molecular complexity index is 961. The lowest BCUT2D eigenvalue weighted by molar-refractivity contribution is -0.149. The lowest BCUT2D eigenvalue weighted by atomic mass is 10.1. The average Bonchev–Trinajstić information content (AvgIpc) is 3.17. The van der Waals surface area contributed by atoms with Crippen LogP contribution in [0, 0.1) is 5.92 Å². The van der Waals surface area contributed by atoms with Crippen molar-refractivity contribution in [3.8, 4) is 0 Å². The number of carbonyl (C=O) groups is 1. The van der Waals surface area contributed by atoms with E-state index in [0.29, 0.717) is 29.2 Å². The van der Waals surface area contributed by atoms with E-state index in [0.717, 1.165) is 0 Å². The number of imidazole rings is 1. The first-order chi connectivity index (χ1) is 14.0. The molecule has 3 rings (SSSR count). The van der Waals surface area contributed by atoms with Crippen LogP contribution in [-0.4, -0.2) is 81.4 Å². The Morgan fingerprint density at radius 1 is 1.27 bits per heavy atom. The quantitative estimate of drug-likeness (QED) is 0.319. The van der Waals surface area contributed by atoms with Crippen LogP contribution in [0.1, 0.15) is 25.8 Å². The second-order valence-corrected chi connectivity index (χ2v) is 9.05. The third-order valence-electron chi connectivity index (χ3n) is 4.58. The molecular weight excluding hydrogens is 423 g/mol. The third kappa shape index (κ3) is 4.52. The maximum atomic E-state index is 11.2. The molecule has 0 spiro atoms.